The molecule has 0 aliphatic carbocycles. The van der Waals surface area contributed by atoms with Gasteiger partial charge in [0.15, 0.2) is 0 Å². The molecule has 0 N–H and O–H groups in total. The fraction of sp³-hybridized carbons (Fsp3) is 0.0909. The molecular formula is C22H22SSn. The van der Waals surface area contributed by atoms with Crippen LogP contribution in [0.2, 0.25) is 0 Å². The molecule has 0 nitrogen and oxygen atoms in total. The zero-order valence-electron chi connectivity index (χ0n) is 13.9. The van der Waals surface area contributed by atoms with Gasteiger partial charge in [0.2, 0.25) is 0 Å². The topological polar surface area (TPSA) is 0 Å². The minimum atomic E-state index is -3.13. The van der Waals surface area contributed by atoms with E-state index in [1.165, 1.54) is 10.7 Å². The minimum absolute atomic E-state index is 1.11. The molecule has 0 bridgehead atoms. The molecule has 3 rings (SSSR count). The number of thioether (sulfide) groups is 1. The number of benzene rings is 3. The van der Waals surface area contributed by atoms with Crippen molar-refractivity contribution in [2.24, 2.45) is 0 Å². The fourth-order valence-corrected chi connectivity index (χ4v) is 16.9. The zero-order chi connectivity index (χ0) is 16.7. The van der Waals surface area contributed by atoms with Crippen molar-refractivity contribution in [3.8, 4) is 0 Å². The van der Waals surface area contributed by atoms with Crippen molar-refractivity contribution in [3.63, 3.8) is 0 Å². The van der Waals surface area contributed by atoms with E-state index in [4.69, 9.17) is 0 Å². The van der Waals surface area contributed by atoms with E-state index >= 15 is 0 Å². The maximum absolute atomic E-state index is 3.13. The van der Waals surface area contributed by atoms with Gasteiger partial charge in [0.05, 0.1) is 0 Å². The van der Waals surface area contributed by atoms with Gasteiger partial charge in [0.25, 0.3) is 0 Å². The molecule has 0 saturated heterocycles. The molecule has 24 heavy (non-hydrogen) atoms. The average molecular weight is 437 g/mol. The summed E-state index contributed by atoms with van der Waals surface area (Å²) in [6.07, 6.45) is 0. The molecule has 0 heterocycles. The molecule has 0 aliphatic rings. The Morgan fingerprint density at radius 3 is 1.38 bits per heavy atom. The summed E-state index contributed by atoms with van der Waals surface area (Å²) in [7, 11) is 0. The molecule has 3 aromatic carbocycles. The first-order valence-electron chi connectivity index (χ1n) is 8.34. The van der Waals surface area contributed by atoms with Crippen LogP contribution < -0.4 is 10.7 Å². The van der Waals surface area contributed by atoms with Gasteiger partial charge in [-0.3, -0.25) is 0 Å². The molecule has 0 fully saturated rings. The molecule has 0 atom stereocenters. The average Bonchev–Trinajstić information content (AvgIpc) is 2.68. The Labute approximate surface area is 153 Å². The normalized spacial score (nSPS) is 11.7. The standard InChI is InChI=1S/3C6H5.C4H7S.Sn/c3*1-2-4-6-5-3-1;1-3-5-4-2;/h3*1-5H;1,3H,4H2,2H3;. The summed E-state index contributed by atoms with van der Waals surface area (Å²) < 4.78 is 7.05. The van der Waals surface area contributed by atoms with Gasteiger partial charge >= 0.3 is 154 Å². The predicted molar refractivity (Wildman–Crippen MR) is 111 cm³/mol. The predicted octanol–water partition coefficient (Wildman–Crippen LogP) is 3.96. The quantitative estimate of drug-likeness (QED) is 0.527. The molecule has 3 aromatic rings. The van der Waals surface area contributed by atoms with Crippen LogP contribution >= 0.6 is 11.8 Å². The monoisotopic (exact) mass is 438 g/mol. The number of hydrogen-bond donors (Lipinski definition) is 0. The molecule has 0 unspecified atom stereocenters. The van der Waals surface area contributed by atoms with E-state index in [-0.39, 0.29) is 0 Å². The van der Waals surface area contributed by atoms with Crippen molar-refractivity contribution in [1.29, 1.82) is 0 Å². The van der Waals surface area contributed by atoms with Gasteiger partial charge in [-0.15, -0.1) is 0 Å². The molecule has 0 aliphatic heterocycles. The molecule has 120 valence electrons. The second-order valence-corrected chi connectivity index (χ2v) is 17.4. The van der Waals surface area contributed by atoms with E-state index in [1.807, 2.05) is 11.8 Å². The molecule has 0 radical (unpaired) electrons. The second kappa shape index (κ2) is 8.59. The summed E-state index contributed by atoms with van der Waals surface area (Å²) >= 11 is -1.24. The Hall–Kier alpha value is -1.45. The van der Waals surface area contributed by atoms with Crippen LogP contribution in [0.15, 0.2) is 100 Å². The first kappa shape index (κ1) is 17.4. The van der Waals surface area contributed by atoms with Crippen LogP contribution in [0.1, 0.15) is 6.92 Å². The van der Waals surface area contributed by atoms with E-state index in [0.29, 0.717) is 0 Å². The van der Waals surface area contributed by atoms with Gasteiger partial charge in [-0.2, -0.15) is 0 Å². The Bertz CT molecular complexity index is 670. The van der Waals surface area contributed by atoms with Crippen LogP contribution in [-0.2, 0) is 0 Å². The van der Waals surface area contributed by atoms with Crippen LogP contribution in [-0.4, -0.2) is 24.1 Å². The van der Waals surface area contributed by atoms with Crippen molar-refractivity contribution < 1.29 is 0 Å². The SMILES string of the molecule is CCS/C=[CH]/[Sn]([c]1ccccc1)([c]1ccccc1)[c]1ccccc1. The van der Waals surface area contributed by atoms with E-state index in [0.717, 1.165) is 5.75 Å². The van der Waals surface area contributed by atoms with E-state index in [9.17, 15) is 0 Å². The van der Waals surface area contributed by atoms with Gasteiger partial charge < -0.3 is 0 Å². The van der Waals surface area contributed by atoms with Crippen LogP contribution in [0.5, 0.6) is 0 Å². The Balaban J connectivity index is 2.28. The molecule has 0 aromatic heterocycles. The summed E-state index contributed by atoms with van der Waals surface area (Å²) in [6, 6.07) is 33.3. The van der Waals surface area contributed by atoms with E-state index in [1.54, 1.807) is 0 Å². The zero-order valence-corrected chi connectivity index (χ0v) is 17.6. The summed E-state index contributed by atoms with van der Waals surface area (Å²) in [4.78, 5) is 0. The third-order valence-corrected chi connectivity index (χ3v) is 18.2. The Kier molecular flexibility index (Phi) is 6.22. The summed E-state index contributed by atoms with van der Waals surface area (Å²) in [5.41, 5.74) is 0. The maximum atomic E-state index is 2.56. The van der Waals surface area contributed by atoms with E-state index in [2.05, 4.69) is 107 Å². The fourth-order valence-electron chi connectivity index (χ4n) is 3.14. The van der Waals surface area contributed by atoms with Gasteiger partial charge in [0.1, 0.15) is 0 Å². The first-order valence-corrected chi connectivity index (χ1v) is 15.3. The molecule has 0 spiro atoms. The molecule has 0 saturated carbocycles. The van der Waals surface area contributed by atoms with Crippen molar-refractivity contribution in [2.75, 3.05) is 5.75 Å². The summed E-state index contributed by atoms with van der Waals surface area (Å²) in [5, 5.41) is 2.34. The summed E-state index contributed by atoms with van der Waals surface area (Å²) in [5.74, 6) is 1.11. The second-order valence-electron chi connectivity index (χ2n) is 5.66. The van der Waals surface area contributed by atoms with Crippen molar-refractivity contribution >= 4 is 40.9 Å². The van der Waals surface area contributed by atoms with Gasteiger partial charge in [-0.05, 0) is 0 Å². The third kappa shape index (κ3) is 3.62. The van der Waals surface area contributed by atoms with Crippen molar-refractivity contribution in [2.45, 2.75) is 6.92 Å². The van der Waals surface area contributed by atoms with Gasteiger partial charge in [0, 0.05) is 0 Å². The Morgan fingerprint density at radius 1 is 0.667 bits per heavy atom. The van der Waals surface area contributed by atoms with Crippen LogP contribution in [0.4, 0.5) is 0 Å². The van der Waals surface area contributed by atoms with Crippen molar-refractivity contribution in [1.82, 2.24) is 0 Å². The van der Waals surface area contributed by atoms with E-state index < -0.39 is 18.4 Å². The molecule has 0 amide bonds. The van der Waals surface area contributed by atoms with Gasteiger partial charge in [-0.1, -0.05) is 0 Å². The number of rotatable bonds is 6. The van der Waals surface area contributed by atoms with Crippen LogP contribution in [0.25, 0.3) is 0 Å². The van der Waals surface area contributed by atoms with Crippen LogP contribution in [0.3, 0.4) is 0 Å². The molecule has 2 heteroatoms. The Morgan fingerprint density at radius 2 is 1.04 bits per heavy atom. The number of hydrogen-bond acceptors (Lipinski definition) is 1. The van der Waals surface area contributed by atoms with Gasteiger partial charge in [-0.25, -0.2) is 0 Å². The third-order valence-electron chi connectivity index (χ3n) is 4.27. The van der Waals surface area contributed by atoms with Crippen molar-refractivity contribution in [3.05, 3.63) is 100 Å². The summed E-state index contributed by atoms with van der Waals surface area (Å²) in [6.45, 7) is 2.21. The first-order chi connectivity index (χ1) is 11.9. The molecular weight excluding hydrogens is 415 g/mol. The van der Waals surface area contributed by atoms with Crippen LogP contribution in [0, 0.1) is 0 Å².